The fourth-order valence-electron chi connectivity index (χ4n) is 5.05. The Hall–Kier alpha value is -3.05. The highest BCUT2D eigenvalue weighted by Crippen LogP contribution is 2.36. The Morgan fingerprint density at radius 1 is 1.28 bits per heavy atom. The fraction of sp³-hybridized carbons (Fsp3) is 0.440. The van der Waals surface area contributed by atoms with E-state index < -0.39 is 27.9 Å². The Bertz CT molecular complexity index is 1400. The molecule has 0 saturated carbocycles. The largest absolute Gasteiger partial charge is 0.435 e. The van der Waals surface area contributed by atoms with Crippen LogP contribution in [0.1, 0.15) is 42.7 Å². The van der Waals surface area contributed by atoms with E-state index in [-0.39, 0.29) is 29.0 Å². The number of ether oxygens (including phenoxy) is 2. The molecule has 1 aromatic carbocycles. The van der Waals surface area contributed by atoms with E-state index >= 15 is 0 Å². The first-order valence-electron chi connectivity index (χ1n) is 11.8. The molecule has 1 N–H and O–H groups in total. The molecule has 5 rings (SSSR count). The number of rotatable bonds is 6. The molecule has 2 aliphatic heterocycles. The van der Waals surface area contributed by atoms with Crippen molar-refractivity contribution >= 4 is 26.6 Å². The molecule has 0 unspecified atom stereocenters. The number of nitrogens with zero attached hydrogens (tertiary/aromatic N) is 2. The molecular weight excluding hydrogens is 492 g/mol. The lowest BCUT2D eigenvalue weighted by atomic mass is 10.0. The summed E-state index contributed by atoms with van der Waals surface area (Å²) in [5, 5.41) is 3.62. The SMILES string of the molecule is C[C@]1(NC(=O)c2cc3c(cn2)c(-c2cccc(OC(F)F)c2)cn3C2CCOCC2)CCS(=O)(=O)C1. The van der Waals surface area contributed by atoms with Crippen molar-refractivity contribution in [1.82, 2.24) is 14.9 Å². The van der Waals surface area contributed by atoms with Gasteiger partial charge in [0.15, 0.2) is 9.84 Å². The summed E-state index contributed by atoms with van der Waals surface area (Å²) in [5.41, 5.74) is 1.59. The van der Waals surface area contributed by atoms with Crippen LogP contribution in [-0.4, -0.2) is 60.7 Å². The van der Waals surface area contributed by atoms with E-state index in [0.29, 0.717) is 25.2 Å². The molecule has 4 heterocycles. The van der Waals surface area contributed by atoms with Crippen LogP contribution in [0.25, 0.3) is 22.0 Å². The van der Waals surface area contributed by atoms with Crippen molar-refractivity contribution in [3.05, 3.63) is 48.4 Å². The van der Waals surface area contributed by atoms with Crippen LogP contribution in [-0.2, 0) is 14.6 Å². The monoisotopic (exact) mass is 519 g/mol. The summed E-state index contributed by atoms with van der Waals surface area (Å²) in [6.45, 7) is 0.0274. The molecule has 192 valence electrons. The molecule has 3 aromatic rings. The Balaban J connectivity index is 1.54. The molecule has 1 amide bonds. The molecule has 2 aliphatic rings. The van der Waals surface area contributed by atoms with Gasteiger partial charge in [0.2, 0.25) is 0 Å². The normalized spacial score (nSPS) is 22.2. The highest BCUT2D eigenvalue weighted by Gasteiger charge is 2.39. The van der Waals surface area contributed by atoms with Crippen LogP contribution < -0.4 is 10.1 Å². The standard InChI is InChI=1S/C25H27F2N3O5S/c1-25(7-10-36(32,33)15-25)29-23(31)21-12-22-19(13-28-21)20(14-30(22)17-5-8-34-9-6-17)16-3-2-4-18(11-16)35-24(26)27/h2-4,11-14,17,24H,5-10,15H2,1H3,(H,29,31)/t25-/m0/s1. The van der Waals surface area contributed by atoms with E-state index in [2.05, 4.69) is 19.6 Å². The lowest BCUT2D eigenvalue weighted by Gasteiger charge is -2.25. The minimum atomic E-state index is -3.18. The van der Waals surface area contributed by atoms with Gasteiger partial charge in [-0.15, -0.1) is 0 Å². The van der Waals surface area contributed by atoms with Crippen molar-refractivity contribution in [1.29, 1.82) is 0 Å². The minimum absolute atomic E-state index is 0.0422. The van der Waals surface area contributed by atoms with Crippen LogP contribution in [0, 0.1) is 0 Å². The fourth-order valence-corrected chi connectivity index (χ4v) is 7.14. The van der Waals surface area contributed by atoms with Gasteiger partial charge < -0.3 is 19.4 Å². The average molecular weight is 520 g/mol. The zero-order valence-corrected chi connectivity index (χ0v) is 20.6. The van der Waals surface area contributed by atoms with Gasteiger partial charge in [-0.25, -0.2) is 8.42 Å². The smallest absolute Gasteiger partial charge is 0.387 e. The third kappa shape index (κ3) is 5.08. The van der Waals surface area contributed by atoms with Crippen LogP contribution in [0.5, 0.6) is 5.75 Å². The maximum atomic E-state index is 13.1. The number of carbonyl (C=O) groups is 1. The van der Waals surface area contributed by atoms with Gasteiger partial charge in [-0.1, -0.05) is 12.1 Å². The van der Waals surface area contributed by atoms with Crippen molar-refractivity contribution < 1.29 is 31.5 Å². The number of alkyl halides is 2. The molecular formula is C25H27F2N3O5S. The highest BCUT2D eigenvalue weighted by atomic mass is 32.2. The predicted molar refractivity (Wildman–Crippen MR) is 130 cm³/mol. The van der Waals surface area contributed by atoms with Crippen molar-refractivity contribution in [3.63, 3.8) is 0 Å². The summed E-state index contributed by atoms with van der Waals surface area (Å²) < 4.78 is 61.6. The predicted octanol–water partition coefficient (Wildman–Crippen LogP) is 3.96. The number of pyridine rings is 1. The number of halogens is 2. The zero-order valence-electron chi connectivity index (χ0n) is 19.7. The first-order valence-corrected chi connectivity index (χ1v) is 13.6. The van der Waals surface area contributed by atoms with E-state index in [1.807, 2.05) is 12.3 Å². The van der Waals surface area contributed by atoms with Crippen LogP contribution in [0.3, 0.4) is 0 Å². The van der Waals surface area contributed by atoms with E-state index in [9.17, 15) is 22.0 Å². The number of hydrogen-bond donors (Lipinski definition) is 1. The molecule has 2 aromatic heterocycles. The van der Waals surface area contributed by atoms with E-state index in [0.717, 1.165) is 29.3 Å². The molecule has 8 nitrogen and oxygen atoms in total. The molecule has 0 spiro atoms. The maximum absolute atomic E-state index is 13.1. The maximum Gasteiger partial charge on any atom is 0.387 e. The van der Waals surface area contributed by atoms with Gasteiger partial charge in [-0.3, -0.25) is 9.78 Å². The van der Waals surface area contributed by atoms with Crippen molar-refractivity contribution in [2.24, 2.45) is 0 Å². The first-order chi connectivity index (χ1) is 17.1. The van der Waals surface area contributed by atoms with Gasteiger partial charge >= 0.3 is 6.61 Å². The van der Waals surface area contributed by atoms with Gasteiger partial charge in [0, 0.05) is 42.6 Å². The number of hydrogen-bond acceptors (Lipinski definition) is 6. The number of benzene rings is 1. The Morgan fingerprint density at radius 2 is 2.06 bits per heavy atom. The molecule has 36 heavy (non-hydrogen) atoms. The van der Waals surface area contributed by atoms with Gasteiger partial charge in [0.25, 0.3) is 5.91 Å². The molecule has 0 radical (unpaired) electrons. The first kappa shape index (κ1) is 24.6. The zero-order chi connectivity index (χ0) is 25.5. The average Bonchev–Trinajstić information content (AvgIpc) is 3.35. The summed E-state index contributed by atoms with van der Waals surface area (Å²) in [7, 11) is -3.18. The molecule has 2 fully saturated rings. The van der Waals surface area contributed by atoms with Gasteiger partial charge in [0.05, 0.1) is 22.6 Å². The van der Waals surface area contributed by atoms with Crippen LogP contribution in [0.2, 0.25) is 0 Å². The van der Waals surface area contributed by atoms with E-state index in [1.165, 1.54) is 6.07 Å². The number of amides is 1. The lowest BCUT2D eigenvalue weighted by Crippen LogP contribution is -2.47. The highest BCUT2D eigenvalue weighted by molar-refractivity contribution is 7.91. The Labute approximate surface area is 207 Å². The topological polar surface area (TPSA) is 99.5 Å². The van der Waals surface area contributed by atoms with Crippen LogP contribution in [0.4, 0.5) is 8.78 Å². The Morgan fingerprint density at radius 3 is 2.75 bits per heavy atom. The number of nitrogens with one attached hydrogen (secondary N) is 1. The van der Waals surface area contributed by atoms with E-state index in [1.54, 1.807) is 31.3 Å². The molecule has 0 bridgehead atoms. The number of aromatic nitrogens is 2. The molecule has 2 saturated heterocycles. The summed E-state index contributed by atoms with van der Waals surface area (Å²) in [6, 6.07) is 8.32. The molecule has 1 atom stereocenters. The number of sulfone groups is 1. The summed E-state index contributed by atoms with van der Waals surface area (Å²) in [4.78, 5) is 17.5. The van der Waals surface area contributed by atoms with Gasteiger partial charge in [0.1, 0.15) is 11.4 Å². The lowest BCUT2D eigenvalue weighted by molar-refractivity contribution is -0.0498. The number of fused-ring (bicyclic) bond motifs is 1. The van der Waals surface area contributed by atoms with Gasteiger partial charge in [-0.05, 0) is 49.9 Å². The van der Waals surface area contributed by atoms with Gasteiger partial charge in [-0.2, -0.15) is 8.78 Å². The number of carbonyl (C=O) groups excluding carboxylic acids is 1. The van der Waals surface area contributed by atoms with Crippen molar-refractivity contribution in [2.45, 2.75) is 44.4 Å². The third-order valence-electron chi connectivity index (χ3n) is 6.82. The minimum Gasteiger partial charge on any atom is -0.435 e. The summed E-state index contributed by atoms with van der Waals surface area (Å²) in [5.74, 6) is -0.447. The van der Waals surface area contributed by atoms with Crippen LogP contribution in [0.15, 0.2) is 42.7 Å². The second kappa shape index (κ2) is 9.44. The quantitative estimate of drug-likeness (QED) is 0.529. The second-order valence-corrected chi connectivity index (χ2v) is 11.8. The van der Waals surface area contributed by atoms with Crippen molar-refractivity contribution in [3.8, 4) is 16.9 Å². The van der Waals surface area contributed by atoms with Crippen molar-refractivity contribution in [2.75, 3.05) is 24.7 Å². The Kier molecular flexibility index (Phi) is 6.46. The summed E-state index contributed by atoms with van der Waals surface area (Å²) >= 11 is 0. The second-order valence-electron chi connectivity index (χ2n) is 9.64. The third-order valence-corrected chi connectivity index (χ3v) is 8.73. The molecule has 0 aliphatic carbocycles. The summed E-state index contributed by atoms with van der Waals surface area (Å²) in [6.07, 6.45) is 5.48. The van der Waals surface area contributed by atoms with E-state index in [4.69, 9.17) is 4.74 Å². The van der Waals surface area contributed by atoms with Crippen LogP contribution >= 0.6 is 0 Å². The molecule has 11 heteroatoms.